The number of rotatable bonds is 2. The summed E-state index contributed by atoms with van der Waals surface area (Å²) in [5, 5.41) is 0. The fourth-order valence-corrected chi connectivity index (χ4v) is 4.10. The number of nitrogens with one attached hydrogen (secondary N) is 1. The van der Waals surface area contributed by atoms with Crippen LogP contribution in [0.25, 0.3) is 0 Å². The number of benzene rings is 1. The van der Waals surface area contributed by atoms with Crippen molar-refractivity contribution < 1.29 is 9.18 Å². The Balaban J connectivity index is 1.64. The number of nitrogens with zero attached hydrogens (tertiary/aromatic N) is 2. The average Bonchev–Trinajstić information content (AvgIpc) is 2.95. The first-order valence-electron chi connectivity index (χ1n) is 8.16. The Bertz CT molecular complexity index is 844. The number of hydrogen-bond acceptors (Lipinski definition) is 3. The summed E-state index contributed by atoms with van der Waals surface area (Å²) in [5.74, 6) is -0.331. The van der Waals surface area contributed by atoms with E-state index in [-0.39, 0.29) is 34.3 Å². The highest BCUT2D eigenvalue weighted by Crippen LogP contribution is 2.55. The number of H-pyrrole nitrogens is 1. The summed E-state index contributed by atoms with van der Waals surface area (Å²) in [6.07, 6.45) is 5.75. The second-order valence-corrected chi connectivity index (χ2v) is 6.82. The number of hydrogen-bond donors (Lipinski definition) is 1. The van der Waals surface area contributed by atoms with E-state index in [1.165, 1.54) is 12.3 Å². The molecule has 1 aromatic carbocycles. The molecule has 2 fully saturated rings. The maximum atomic E-state index is 13.6. The first-order chi connectivity index (χ1) is 11.6. The van der Waals surface area contributed by atoms with Crippen molar-refractivity contribution >= 4 is 5.91 Å². The van der Waals surface area contributed by atoms with Crippen molar-refractivity contribution in [1.29, 1.82) is 0 Å². The number of aromatic nitrogens is 2. The van der Waals surface area contributed by atoms with Gasteiger partial charge in [-0.15, -0.1) is 0 Å². The van der Waals surface area contributed by atoms with E-state index in [4.69, 9.17) is 0 Å². The lowest BCUT2D eigenvalue weighted by Crippen LogP contribution is -2.38. The van der Waals surface area contributed by atoms with Gasteiger partial charge in [0.2, 0.25) is 0 Å². The van der Waals surface area contributed by atoms with E-state index in [0.29, 0.717) is 13.1 Å². The van der Waals surface area contributed by atoms with E-state index in [1.54, 1.807) is 17.0 Å². The molecule has 0 bridgehead atoms. The van der Waals surface area contributed by atoms with Gasteiger partial charge >= 0.3 is 0 Å². The van der Waals surface area contributed by atoms with E-state index in [0.717, 1.165) is 31.0 Å². The minimum Gasteiger partial charge on any atom is -0.336 e. The number of likely N-dealkylation sites (tertiary alicyclic amines) is 1. The summed E-state index contributed by atoms with van der Waals surface area (Å²) in [6.45, 7) is 1.18. The van der Waals surface area contributed by atoms with Crippen LogP contribution in [-0.2, 0) is 0 Å². The summed E-state index contributed by atoms with van der Waals surface area (Å²) >= 11 is 0. The number of halogens is 1. The predicted octanol–water partition coefficient (Wildman–Crippen LogP) is 2.32. The van der Waals surface area contributed by atoms with Gasteiger partial charge in [0.05, 0.1) is 12.4 Å². The van der Waals surface area contributed by atoms with Crippen molar-refractivity contribution in [3.05, 3.63) is 64.1 Å². The maximum Gasteiger partial charge on any atom is 0.272 e. The molecule has 1 amide bonds. The Morgan fingerprint density at radius 2 is 2.17 bits per heavy atom. The zero-order valence-electron chi connectivity index (χ0n) is 13.2. The van der Waals surface area contributed by atoms with Crippen molar-refractivity contribution in [3.8, 4) is 0 Å². The van der Waals surface area contributed by atoms with Gasteiger partial charge in [-0.1, -0.05) is 18.6 Å². The Labute approximate surface area is 138 Å². The van der Waals surface area contributed by atoms with Gasteiger partial charge in [0.1, 0.15) is 11.5 Å². The summed E-state index contributed by atoms with van der Waals surface area (Å²) in [5.41, 5.74) is 0.799. The van der Waals surface area contributed by atoms with Gasteiger partial charge in [0, 0.05) is 19.0 Å². The first-order valence-corrected chi connectivity index (χ1v) is 8.16. The highest BCUT2D eigenvalue weighted by Gasteiger charge is 2.52. The highest BCUT2D eigenvalue weighted by molar-refractivity contribution is 5.92. The molecule has 24 heavy (non-hydrogen) atoms. The molecule has 1 aliphatic carbocycles. The smallest absolute Gasteiger partial charge is 0.272 e. The number of carbonyl (C=O) groups excluding carboxylic acids is 1. The molecule has 2 aliphatic rings. The average molecular weight is 327 g/mol. The van der Waals surface area contributed by atoms with Crippen molar-refractivity contribution in [2.75, 3.05) is 13.1 Å². The van der Waals surface area contributed by atoms with Gasteiger partial charge in [0.15, 0.2) is 0 Å². The topological polar surface area (TPSA) is 66.1 Å². The second kappa shape index (κ2) is 5.54. The molecular weight excluding hydrogens is 309 g/mol. The molecule has 1 aliphatic heterocycles. The Morgan fingerprint density at radius 1 is 1.33 bits per heavy atom. The van der Waals surface area contributed by atoms with Crippen LogP contribution in [0.15, 0.2) is 41.5 Å². The lowest BCUT2D eigenvalue weighted by Gasteiger charge is -2.43. The molecule has 4 rings (SSSR count). The van der Waals surface area contributed by atoms with Crippen LogP contribution in [0.5, 0.6) is 0 Å². The van der Waals surface area contributed by atoms with Crippen LogP contribution in [-0.4, -0.2) is 33.9 Å². The van der Waals surface area contributed by atoms with Crippen LogP contribution >= 0.6 is 0 Å². The van der Waals surface area contributed by atoms with Crippen molar-refractivity contribution in [3.63, 3.8) is 0 Å². The molecule has 1 aromatic heterocycles. The van der Waals surface area contributed by atoms with E-state index in [1.807, 2.05) is 6.07 Å². The summed E-state index contributed by atoms with van der Waals surface area (Å²) in [4.78, 5) is 32.2. The number of carbonyl (C=O) groups is 1. The maximum absolute atomic E-state index is 13.6. The first kappa shape index (κ1) is 15.1. The fourth-order valence-electron chi connectivity index (χ4n) is 4.10. The minimum absolute atomic E-state index is 0.0337. The van der Waals surface area contributed by atoms with Gasteiger partial charge in [0.25, 0.3) is 11.5 Å². The van der Waals surface area contributed by atoms with Gasteiger partial charge in [-0.05, 0) is 36.0 Å². The summed E-state index contributed by atoms with van der Waals surface area (Å²) < 4.78 is 13.6. The Morgan fingerprint density at radius 3 is 2.83 bits per heavy atom. The van der Waals surface area contributed by atoms with E-state index < -0.39 is 0 Å². The third kappa shape index (κ3) is 2.42. The van der Waals surface area contributed by atoms with Crippen molar-refractivity contribution in [2.45, 2.75) is 25.2 Å². The van der Waals surface area contributed by atoms with Gasteiger partial charge in [-0.3, -0.25) is 14.6 Å². The highest BCUT2D eigenvalue weighted by atomic mass is 19.1. The fraction of sp³-hybridized carbons (Fsp3) is 0.389. The molecule has 124 valence electrons. The molecule has 2 heterocycles. The van der Waals surface area contributed by atoms with Crippen LogP contribution in [0.2, 0.25) is 0 Å². The van der Waals surface area contributed by atoms with Crippen LogP contribution in [0.4, 0.5) is 4.39 Å². The molecule has 0 radical (unpaired) electrons. The van der Waals surface area contributed by atoms with Gasteiger partial charge < -0.3 is 9.88 Å². The molecule has 1 atom stereocenters. The van der Waals surface area contributed by atoms with Gasteiger partial charge in [-0.2, -0.15) is 0 Å². The molecule has 1 saturated heterocycles. The quantitative estimate of drug-likeness (QED) is 0.920. The van der Waals surface area contributed by atoms with Crippen LogP contribution in [0.1, 0.15) is 41.2 Å². The standard InChI is InChI=1S/C18H18FN3O2/c19-13-4-1-3-12(7-13)14-10-22(11-18(14)5-2-6-18)17(24)15-8-20-9-16(23)21-15/h1,3-4,7-9,14H,2,5-6,10-11H2,(H,21,23)/t14-/m0/s1. The van der Waals surface area contributed by atoms with E-state index in [2.05, 4.69) is 9.97 Å². The molecule has 1 spiro atoms. The molecule has 0 unspecified atom stereocenters. The van der Waals surface area contributed by atoms with E-state index >= 15 is 0 Å². The minimum atomic E-state index is -0.389. The third-order valence-corrected chi connectivity index (χ3v) is 5.42. The van der Waals surface area contributed by atoms with Crippen LogP contribution in [0, 0.1) is 11.2 Å². The molecule has 5 nitrogen and oxygen atoms in total. The largest absolute Gasteiger partial charge is 0.336 e. The van der Waals surface area contributed by atoms with Crippen LogP contribution in [0.3, 0.4) is 0 Å². The van der Waals surface area contributed by atoms with E-state index in [9.17, 15) is 14.0 Å². The van der Waals surface area contributed by atoms with Gasteiger partial charge in [-0.25, -0.2) is 4.39 Å². The summed E-state index contributed by atoms with van der Waals surface area (Å²) in [6, 6.07) is 6.67. The third-order valence-electron chi connectivity index (χ3n) is 5.42. The zero-order chi connectivity index (χ0) is 16.7. The monoisotopic (exact) mass is 327 g/mol. The number of amides is 1. The van der Waals surface area contributed by atoms with Crippen molar-refractivity contribution in [1.82, 2.24) is 14.9 Å². The summed E-state index contributed by atoms with van der Waals surface area (Å²) in [7, 11) is 0. The predicted molar refractivity (Wildman–Crippen MR) is 86.2 cm³/mol. The molecular formula is C18H18FN3O2. The SMILES string of the molecule is O=C(c1cncc(=O)[nH]1)N1C[C@@H](c2cccc(F)c2)C2(CCC2)C1. The second-order valence-electron chi connectivity index (χ2n) is 6.82. The molecule has 1 N–H and O–H groups in total. The zero-order valence-corrected chi connectivity index (χ0v) is 13.2. The Kier molecular flexibility index (Phi) is 3.48. The molecule has 6 heteroatoms. The number of aromatic amines is 1. The lowest BCUT2D eigenvalue weighted by atomic mass is 9.61. The normalized spacial score (nSPS) is 21.7. The lowest BCUT2D eigenvalue weighted by molar-refractivity contribution is 0.0719. The van der Waals surface area contributed by atoms with Crippen molar-refractivity contribution in [2.24, 2.45) is 5.41 Å². The molecule has 2 aromatic rings. The molecule has 1 saturated carbocycles. The Hall–Kier alpha value is -2.50. The van der Waals surface area contributed by atoms with Crippen LogP contribution < -0.4 is 5.56 Å².